The van der Waals surface area contributed by atoms with Crippen molar-refractivity contribution in [1.29, 1.82) is 0 Å². The quantitative estimate of drug-likeness (QED) is 0.916. The predicted octanol–water partition coefficient (Wildman–Crippen LogP) is 3.40. The average molecular weight is 324 g/mol. The van der Waals surface area contributed by atoms with Crippen molar-refractivity contribution >= 4 is 17.3 Å². The van der Waals surface area contributed by atoms with Crippen molar-refractivity contribution in [2.75, 3.05) is 36.5 Å². The van der Waals surface area contributed by atoms with E-state index in [1.165, 1.54) is 11.3 Å². The number of carbonyl (C=O) groups excluding carboxylic acids is 1. The van der Waals surface area contributed by atoms with Gasteiger partial charge in [-0.15, -0.1) is 0 Å². The molecule has 2 aromatic carbocycles. The van der Waals surface area contributed by atoms with Crippen LogP contribution in [-0.4, -0.2) is 32.2 Å². The number of amides is 1. The minimum atomic E-state index is 0.0566. The van der Waals surface area contributed by atoms with E-state index in [1.807, 2.05) is 31.2 Å². The molecule has 0 bridgehead atoms. The van der Waals surface area contributed by atoms with E-state index in [-0.39, 0.29) is 5.91 Å². The summed E-state index contributed by atoms with van der Waals surface area (Å²) in [7, 11) is 0. The number of rotatable bonds is 5. The van der Waals surface area contributed by atoms with Gasteiger partial charge in [0, 0.05) is 30.9 Å². The molecule has 1 aliphatic rings. The summed E-state index contributed by atoms with van der Waals surface area (Å²) in [5.74, 6) is 0.0566. The third kappa shape index (κ3) is 4.36. The number of hydrogen-bond donors (Lipinski definition) is 1. The zero-order valence-corrected chi connectivity index (χ0v) is 14.1. The van der Waals surface area contributed by atoms with E-state index >= 15 is 0 Å². The van der Waals surface area contributed by atoms with Crippen molar-refractivity contribution in [3.8, 4) is 0 Å². The fourth-order valence-corrected chi connectivity index (χ4v) is 2.92. The van der Waals surface area contributed by atoms with Gasteiger partial charge in [-0.3, -0.25) is 4.79 Å². The Labute approximate surface area is 143 Å². The Balaban J connectivity index is 1.57. The molecular weight excluding hydrogens is 300 g/mol. The van der Waals surface area contributed by atoms with Crippen LogP contribution in [0.3, 0.4) is 0 Å². The third-order valence-electron chi connectivity index (χ3n) is 4.34. The van der Waals surface area contributed by atoms with Crippen molar-refractivity contribution in [3.63, 3.8) is 0 Å². The van der Waals surface area contributed by atoms with Gasteiger partial charge in [0.2, 0.25) is 5.91 Å². The summed E-state index contributed by atoms with van der Waals surface area (Å²) >= 11 is 0. The molecule has 2 aromatic rings. The molecule has 0 radical (unpaired) electrons. The highest BCUT2D eigenvalue weighted by atomic mass is 16.5. The van der Waals surface area contributed by atoms with Crippen LogP contribution in [0.15, 0.2) is 48.5 Å². The van der Waals surface area contributed by atoms with Crippen LogP contribution < -0.4 is 10.2 Å². The Kier molecular flexibility index (Phi) is 5.49. The van der Waals surface area contributed by atoms with Gasteiger partial charge < -0.3 is 15.0 Å². The van der Waals surface area contributed by atoms with E-state index in [0.29, 0.717) is 6.42 Å². The topological polar surface area (TPSA) is 41.6 Å². The van der Waals surface area contributed by atoms with Gasteiger partial charge in [-0.1, -0.05) is 30.3 Å². The number of nitrogens with one attached hydrogen (secondary N) is 1. The van der Waals surface area contributed by atoms with Crippen LogP contribution in [0.2, 0.25) is 0 Å². The zero-order chi connectivity index (χ0) is 16.8. The van der Waals surface area contributed by atoms with Gasteiger partial charge in [0.25, 0.3) is 0 Å². The molecule has 0 unspecified atom stereocenters. The molecule has 24 heavy (non-hydrogen) atoms. The van der Waals surface area contributed by atoms with Gasteiger partial charge in [0.1, 0.15) is 0 Å². The van der Waals surface area contributed by atoms with Crippen LogP contribution in [0.1, 0.15) is 17.5 Å². The molecule has 0 spiro atoms. The van der Waals surface area contributed by atoms with Gasteiger partial charge in [0.15, 0.2) is 0 Å². The number of anilines is 2. The number of nitrogens with zero attached hydrogens (tertiary/aromatic N) is 1. The second kappa shape index (κ2) is 7.97. The van der Waals surface area contributed by atoms with Crippen LogP contribution in [0.4, 0.5) is 11.4 Å². The lowest BCUT2D eigenvalue weighted by atomic mass is 10.1. The molecule has 1 heterocycles. The number of ether oxygens (including phenoxy) is 1. The number of benzene rings is 2. The molecular formula is C20H24N2O2. The Hall–Kier alpha value is -2.33. The summed E-state index contributed by atoms with van der Waals surface area (Å²) in [4.78, 5) is 14.5. The Morgan fingerprint density at radius 1 is 1.12 bits per heavy atom. The molecule has 126 valence electrons. The fourth-order valence-electron chi connectivity index (χ4n) is 2.92. The summed E-state index contributed by atoms with van der Waals surface area (Å²) in [5, 5.41) is 3.03. The lowest BCUT2D eigenvalue weighted by Gasteiger charge is -2.29. The van der Waals surface area contributed by atoms with E-state index in [2.05, 4.69) is 34.5 Å². The number of morpholine rings is 1. The van der Waals surface area contributed by atoms with Crippen molar-refractivity contribution in [2.45, 2.75) is 19.8 Å². The molecule has 1 fully saturated rings. The molecule has 1 saturated heterocycles. The second-order valence-corrected chi connectivity index (χ2v) is 6.13. The standard InChI is InChI=1S/C20H24N2O2/c1-16-15-18(22-11-13-24-14-12-22)8-9-19(16)21-20(23)10-7-17-5-3-2-4-6-17/h2-6,8-9,15H,7,10-14H2,1H3,(H,21,23). The van der Waals surface area contributed by atoms with Crippen molar-refractivity contribution in [3.05, 3.63) is 59.7 Å². The SMILES string of the molecule is Cc1cc(N2CCOCC2)ccc1NC(=O)CCc1ccccc1. The number of hydrogen-bond acceptors (Lipinski definition) is 3. The highest BCUT2D eigenvalue weighted by Crippen LogP contribution is 2.23. The predicted molar refractivity (Wildman–Crippen MR) is 97.6 cm³/mol. The highest BCUT2D eigenvalue weighted by molar-refractivity contribution is 5.91. The second-order valence-electron chi connectivity index (χ2n) is 6.13. The van der Waals surface area contributed by atoms with Gasteiger partial charge in [-0.25, -0.2) is 0 Å². The van der Waals surface area contributed by atoms with Crippen LogP contribution in [-0.2, 0) is 16.0 Å². The van der Waals surface area contributed by atoms with Crippen molar-refractivity contribution in [2.24, 2.45) is 0 Å². The first-order valence-electron chi connectivity index (χ1n) is 8.49. The average Bonchev–Trinajstić information content (AvgIpc) is 2.63. The summed E-state index contributed by atoms with van der Waals surface area (Å²) in [6.07, 6.45) is 1.26. The van der Waals surface area contributed by atoms with Crippen molar-refractivity contribution in [1.82, 2.24) is 0 Å². The lowest BCUT2D eigenvalue weighted by molar-refractivity contribution is -0.116. The first-order chi connectivity index (χ1) is 11.7. The molecule has 4 nitrogen and oxygen atoms in total. The molecule has 1 amide bonds. The Bertz CT molecular complexity index is 679. The Morgan fingerprint density at radius 2 is 1.88 bits per heavy atom. The molecule has 4 heteroatoms. The maximum absolute atomic E-state index is 12.2. The zero-order valence-electron chi connectivity index (χ0n) is 14.1. The van der Waals surface area contributed by atoms with Crippen molar-refractivity contribution < 1.29 is 9.53 Å². The third-order valence-corrected chi connectivity index (χ3v) is 4.34. The van der Waals surface area contributed by atoms with Crippen LogP contribution in [0, 0.1) is 6.92 Å². The van der Waals surface area contributed by atoms with Crippen LogP contribution in [0.25, 0.3) is 0 Å². The van der Waals surface area contributed by atoms with Gasteiger partial charge in [-0.2, -0.15) is 0 Å². The molecule has 0 aliphatic carbocycles. The van der Waals surface area contributed by atoms with E-state index < -0.39 is 0 Å². The highest BCUT2D eigenvalue weighted by Gasteiger charge is 2.12. The van der Waals surface area contributed by atoms with E-state index in [0.717, 1.165) is 44.0 Å². The molecule has 3 rings (SSSR count). The fraction of sp³-hybridized carbons (Fsp3) is 0.350. The van der Waals surface area contributed by atoms with Gasteiger partial charge in [-0.05, 0) is 42.7 Å². The van der Waals surface area contributed by atoms with Crippen LogP contribution in [0.5, 0.6) is 0 Å². The molecule has 1 aliphatic heterocycles. The summed E-state index contributed by atoms with van der Waals surface area (Å²) in [5.41, 5.74) is 4.36. The molecule has 0 atom stereocenters. The van der Waals surface area contributed by atoms with Gasteiger partial charge in [0.05, 0.1) is 13.2 Å². The summed E-state index contributed by atoms with van der Waals surface area (Å²) in [6, 6.07) is 16.3. The smallest absolute Gasteiger partial charge is 0.224 e. The normalized spacial score (nSPS) is 14.5. The van der Waals surface area contributed by atoms with Gasteiger partial charge >= 0.3 is 0 Å². The van der Waals surface area contributed by atoms with E-state index in [9.17, 15) is 4.79 Å². The maximum atomic E-state index is 12.2. The summed E-state index contributed by atoms with van der Waals surface area (Å²) in [6.45, 7) is 5.43. The number of carbonyl (C=O) groups is 1. The van der Waals surface area contributed by atoms with Crippen LogP contribution >= 0.6 is 0 Å². The summed E-state index contributed by atoms with van der Waals surface area (Å²) < 4.78 is 5.39. The monoisotopic (exact) mass is 324 g/mol. The van der Waals surface area contributed by atoms with E-state index in [1.54, 1.807) is 0 Å². The lowest BCUT2D eigenvalue weighted by Crippen LogP contribution is -2.36. The van der Waals surface area contributed by atoms with E-state index in [4.69, 9.17) is 4.74 Å². The largest absolute Gasteiger partial charge is 0.378 e. The molecule has 1 N–H and O–H groups in total. The maximum Gasteiger partial charge on any atom is 0.224 e. The minimum Gasteiger partial charge on any atom is -0.378 e. The Morgan fingerprint density at radius 3 is 2.58 bits per heavy atom. The molecule has 0 saturated carbocycles. The molecule has 0 aromatic heterocycles. The minimum absolute atomic E-state index is 0.0566. The number of aryl methyl sites for hydroxylation is 2. The first-order valence-corrected chi connectivity index (χ1v) is 8.49. The first kappa shape index (κ1) is 16.5.